The fourth-order valence-corrected chi connectivity index (χ4v) is 2.48. The molecular weight excluding hydrogens is 419 g/mol. The highest BCUT2D eigenvalue weighted by atomic mass is 19.1. The maximum absolute atomic E-state index is 14.7. The smallest absolute Gasteiger partial charge is 0.407 e. The predicted octanol–water partition coefficient (Wildman–Crippen LogP) is 3.06. The predicted molar refractivity (Wildman–Crippen MR) is 116 cm³/mol. The summed E-state index contributed by atoms with van der Waals surface area (Å²) < 4.78 is 30.0. The van der Waals surface area contributed by atoms with E-state index in [2.05, 4.69) is 21.9 Å². The Morgan fingerprint density at radius 1 is 1.22 bits per heavy atom. The Hall–Kier alpha value is -3.28. The lowest BCUT2D eigenvalue weighted by Gasteiger charge is -2.23. The number of amides is 2. The van der Waals surface area contributed by atoms with Crippen LogP contribution < -0.4 is 15.8 Å². The van der Waals surface area contributed by atoms with Crippen molar-refractivity contribution in [2.45, 2.75) is 64.5 Å². The van der Waals surface area contributed by atoms with Gasteiger partial charge in [-0.15, -0.1) is 0 Å². The van der Waals surface area contributed by atoms with E-state index in [4.69, 9.17) is 15.2 Å². The summed E-state index contributed by atoms with van der Waals surface area (Å²) in [5, 5.41) is 2.61. The molecule has 176 valence electrons. The van der Waals surface area contributed by atoms with E-state index < -0.39 is 29.5 Å². The van der Waals surface area contributed by atoms with Crippen LogP contribution in [-0.4, -0.2) is 43.3 Å². The maximum atomic E-state index is 14.7. The van der Waals surface area contributed by atoms with E-state index in [0.717, 1.165) is 0 Å². The normalized spacial score (nSPS) is 11.5. The molecule has 3 N–H and O–H groups in total. The summed E-state index contributed by atoms with van der Waals surface area (Å²) in [6.07, 6.45) is 0.708. The number of carbonyl (C=O) groups excluding carboxylic acids is 3. The zero-order chi connectivity index (χ0) is 24.1. The number of hydrogen-bond acceptors (Lipinski definition) is 6. The van der Waals surface area contributed by atoms with E-state index in [9.17, 15) is 18.8 Å². The standard InChI is InChI=1S/C23H31FN2O6/c1-23(2,3)32-22(29)26-17(13-14-19(25)27)15-31-18-11-8-10-16(21(18)24)9-6-5-7-12-20(28)30-4/h8,10-11,17H,5,7,12-15H2,1-4H3,(H2,25,27)(H,26,29). The second-order valence-corrected chi connectivity index (χ2v) is 8.01. The average Bonchev–Trinajstić information content (AvgIpc) is 2.69. The number of rotatable bonds is 10. The molecule has 0 aliphatic heterocycles. The Kier molecular flexibility index (Phi) is 11.0. The highest BCUT2D eigenvalue weighted by Gasteiger charge is 2.21. The molecule has 0 aromatic heterocycles. The molecule has 1 atom stereocenters. The first kappa shape index (κ1) is 26.8. The monoisotopic (exact) mass is 450 g/mol. The van der Waals surface area contributed by atoms with E-state index in [1.54, 1.807) is 26.8 Å². The van der Waals surface area contributed by atoms with Crippen LogP contribution in [-0.2, 0) is 19.1 Å². The number of carbonyl (C=O) groups is 3. The number of halogens is 1. The molecule has 32 heavy (non-hydrogen) atoms. The number of nitrogens with one attached hydrogen (secondary N) is 1. The first-order valence-electron chi connectivity index (χ1n) is 10.3. The third-order valence-electron chi connectivity index (χ3n) is 4.00. The Labute approximate surface area is 188 Å². The number of ether oxygens (including phenoxy) is 3. The van der Waals surface area contributed by atoms with Crippen molar-refractivity contribution in [2.24, 2.45) is 5.73 Å². The zero-order valence-electron chi connectivity index (χ0n) is 19.0. The Bertz CT molecular complexity index is 854. The molecule has 0 heterocycles. The lowest BCUT2D eigenvalue weighted by atomic mass is 10.1. The molecule has 0 saturated heterocycles. The molecule has 8 nitrogen and oxygen atoms in total. The molecule has 0 aliphatic rings. The van der Waals surface area contributed by atoms with E-state index in [-0.39, 0.29) is 43.2 Å². The first-order chi connectivity index (χ1) is 15.0. The molecule has 0 aliphatic carbocycles. The molecular formula is C23H31FN2O6. The third kappa shape index (κ3) is 11.2. The largest absolute Gasteiger partial charge is 0.488 e. The summed E-state index contributed by atoms with van der Waals surface area (Å²) in [6.45, 7) is 5.07. The van der Waals surface area contributed by atoms with E-state index in [1.807, 2.05) is 0 Å². The molecule has 0 spiro atoms. The van der Waals surface area contributed by atoms with Gasteiger partial charge in [0.05, 0.1) is 18.7 Å². The van der Waals surface area contributed by atoms with Crippen molar-refractivity contribution in [1.29, 1.82) is 0 Å². The van der Waals surface area contributed by atoms with Gasteiger partial charge in [-0.1, -0.05) is 17.9 Å². The average molecular weight is 451 g/mol. The second kappa shape index (κ2) is 13.2. The highest BCUT2D eigenvalue weighted by Crippen LogP contribution is 2.20. The molecule has 1 aromatic carbocycles. The van der Waals surface area contributed by atoms with Crippen LogP contribution in [0.5, 0.6) is 5.75 Å². The molecule has 0 fully saturated rings. The van der Waals surface area contributed by atoms with Crippen molar-refractivity contribution in [2.75, 3.05) is 13.7 Å². The van der Waals surface area contributed by atoms with Crippen LogP contribution in [0, 0.1) is 17.7 Å². The van der Waals surface area contributed by atoms with Gasteiger partial charge in [0.15, 0.2) is 11.6 Å². The van der Waals surface area contributed by atoms with Gasteiger partial charge >= 0.3 is 12.1 Å². The summed E-state index contributed by atoms with van der Waals surface area (Å²) in [6, 6.07) is 3.93. The van der Waals surface area contributed by atoms with Gasteiger partial charge in [0.1, 0.15) is 12.2 Å². The van der Waals surface area contributed by atoms with Gasteiger partial charge in [0.2, 0.25) is 5.91 Å². The molecule has 0 saturated carbocycles. The van der Waals surface area contributed by atoms with Crippen molar-refractivity contribution < 1.29 is 33.0 Å². The molecule has 1 aromatic rings. The fourth-order valence-electron chi connectivity index (χ4n) is 2.48. The van der Waals surface area contributed by atoms with E-state index in [1.165, 1.54) is 19.2 Å². The van der Waals surface area contributed by atoms with Crippen LogP contribution in [0.3, 0.4) is 0 Å². The summed E-state index contributed by atoms with van der Waals surface area (Å²) in [5.41, 5.74) is 4.64. The number of primary amides is 1. The van der Waals surface area contributed by atoms with Crippen molar-refractivity contribution in [3.05, 3.63) is 29.6 Å². The van der Waals surface area contributed by atoms with Crippen LogP contribution in [0.2, 0.25) is 0 Å². The van der Waals surface area contributed by atoms with Crippen LogP contribution in [0.15, 0.2) is 18.2 Å². The molecule has 1 unspecified atom stereocenters. The van der Waals surface area contributed by atoms with Crippen LogP contribution in [0.1, 0.15) is 58.4 Å². The summed E-state index contributed by atoms with van der Waals surface area (Å²) in [5.74, 6) is 4.01. The second-order valence-electron chi connectivity index (χ2n) is 8.01. The van der Waals surface area contributed by atoms with Crippen molar-refractivity contribution >= 4 is 18.0 Å². The summed E-state index contributed by atoms with van der Waals surface area (Å²) >= 11 is 0. The number of benzene rings is 1. The molecule has 0 bridgehead atoms. The van der Waals surface area contributed by atoms with Gasteiger partial charge in [0, 0.05) is 19.3 Å². The quantitative estimate of drug-likeness (QED) is 0.321. The molecule has 2 amide bonds. The molecule has 9 heteroatoms. The molecule has 0 radical (unpaired) electrons. The molecule has 1 rings (SSSR count). The summed E-state index contributed by atoms with van der Waals surface area (Å²) in [4.78, 5) is 34.3. The Balaban J connectivity index is 2.76. The lowest BCUT2D eigenvalue weighted by Crippen LogP contribution is -2.42. The zero-order valence-corrected chi connectivity index (χ0v) is 19.0. The van der Waals surface area contributed by atoms with Crippen molar-refractivity contribution in [1.82, 2.24) is 5.32 Å². The number of alkyl carbamates (subject to hydrolysis) is 1. The number of nitrogens with two attached hydrogens (primary N) is 1. The Morgan fingerprint density at radius 3 is 2.56 bits per heavy atom. The van der Waals surface area contributed by atoms with E-state index >= 15 is 0 Å². The summed E-state index contributed by atoms with van der Waals surface area (Å²) in [7, 11) is 1.32. The van der Waals surface area contributed by atoms with Gasteiger partial charge in [-0.05, 0) is 45.7 Å². The SMILES string of the molecule is COC(=O)CCCC#Cc1cccc(OCC(CCC(N)=O)NC(=O)OC(C)(C)C)c1F. The maximum Gasteiger partial charge on any atom is 0.407 e. The van der Waals surface area contributed by atoms with Gasteiger partial charge in [-0.2, -0.15) is 0 Å². The lowest BCUT2D eigenvalue weighted by molar-refractivity contribution is -0.140. The Morgan fingerprint density at radius 2 is 1.94 bits per heavy atom. The topological polar surface area (TPSA) is 117 Å². The minimum atomic E-state index is -0.699. The first-order valence-corrected chi connectivity index (χ1v) is 10.3. The minimum absolute atomic E-state index is 0.0173. The fraction of sp³-hybridized carbons (Fsp3) is 0.522. The van der Waals surface area contributed by atoms with Crippen LogP contribution in [0.4, 0.5) is 9.18 Å². The van der Waals surface area contributed by atoms with Gasteiger partial charge in [0.25, 0.3) is 0 Å². The number of hydrogen-bond donors (Lipinski definition) is 2. The van der Waals surface area contributed by atoms with Gasteiger partial charge in [-0.3, -0.25) is 9.59 Å². The number of esters is 1. The number of unbranched alkanes of at least 4 members (excludes halogenated alkanes) is 1. The van der Waals surface area contributed by atoms with E-state index in [0.29, 0.717) is 12.8 Å². The minimum Gasteiger partial charge on any atom is -0.488 e. The highest BCUT2D eigenvalue weighted by molar-refractivity contribution is 5.74. The van der Waals surface area contributed by atoms with Crippen LogP contribution in [0.25, 0.3) is 0 Å². The van der Waals surface area contributed by atoms with Gasteiger partial charge in [-0.25, -0.2) is 9.18 Å². The van der Waals surface area contributed by atoms with Gasteiger partial charge < -0.3 is 25.3 Å². The van der Waals surface area contributed by atoms with Crippen molar-refractivity contribution in [3.8, 4) is 17.6 Å². The van der Waals surface area contributed by atoms with Crippen molar-refractivity contribution in [3.63, 3.8) is 0 Å². The number of methoxy groups -OCH3 is 1. The third-order valence-corrected chi connectivity index (χ3v) is 4.00. The van der Waals surface area contributed by atoms with Crippen LogP contribution >= 0.6 is 0 Å².